The average Bonchev–Trinajstić information content (AvgIpc) is 2.62. The fourth-order valence-corrected chi connectivity index (χ4v) is 2.45. The molecular formula is C19H16Cl2N2O4. The third-order valence-electron chi connectivity index (χ3n) is 3.44. The molecule has 6 nitrogen and oxygen atoms in total. The molecule has 0 unspecified atom stereocenters. The molecule has 0 spiro atoms. The van der Waals surface area contributed by atoms with Gasteiger partial charge in [-0.1, -0.05) is 23.2 Å². The Morgan fingerprint density at radius 2 is 1.63 bits per heavy atom. The fourth-order valence-electron chi connectivity index (χ4n) is 2.00. The van der Waals surface area contributed by atoms with Crippen molar-refractivity contribution in [1.82, 2.24) is 4.98 Å². The van der Waals surface area contributed by atoms with Crippen LogP contribution in [-0.4, -0.2) is 15.0 Å². The summed E-state index contributed by atoms with van der Waals surface area (Å²) < 4.78 is 5.51. The first-order valence-corrected chi connectivity index (χ1v) is 8.51. The zero-order valence-corrected chi connectivity index (χ0v) is 16.0. The molecule has 27 heavy (non-hydrogen) atoms. The highest BCUT2D eigenvalue weighted by atomic mass is 35.5. The predicted molar refractivity (Wildman–Crippen MR) is 105 cm³/mol. The van der Waals surface area contributed by atoms with Gasteiger partial charge in [-0.15, -0.1) is 0 Å². The molecule has 3 rings (SSSR count). The highest BCUT2D eigenvalue weighted by Crippen LogP contribution is 2.26. The highest BCUT2D eigenvalue weighted by molar-refractivity contribution is 6.31. The lowest BCUT2D eigenvalue weighted by molar-refractivity contribution is -0.385. The van der Waals surface area contributed by atoms with Crippen molar-refractivity contribution in [1.29, 1.82) is 0 Å². The van der Waals surface area contributed by atoms with Crippen LogP contribution < -0.4 is 4.74 Å². The molecule has 0 radical (unpaired) electrons. The Bertz CT molecular complexity index is 947. The monoisotopic (exact) mass is 406 g/mol. The Balaban J connectivity index is 0.000000244. The molecule has 0 aliphatic heterocycles. The number of nitro groups is 1. The lowest BCUT2D eigenvalue weighted by Crippen LogP contribution is -1.92. The zero-order chi connectivity index (χ0) is 20.0. The van der Waals surface area contributed by atoms with Crippen molar-refractivity contribution in [3.8, 4) is 17.4 Å². The van der Waals surface area contributed by atoms with Gasteiger partial charge in [0.15, 0.2) is 0 Å². The quantitative estimate of drug-likeness (QED) is 0.419. The second kappa shape index (κ2) is 9.21. The SMILES string of the molecule is Cc1cc(Cl)ccc1O.Cc1cc(Cl)ccc1Oc1ccc([N+](=O)[O-])cn1. The Morgan fingerprint density at radius 3 is 2.11 bits per heavy atom. The van der Waals surface area contributed by atoms with Crippen molar-refractivity contribution >= 4 is 28.9 Å². The fraction of sp³-hybridized carbons (Fsp3) is 0.105. The number of aromatic nitrogens is 1. The van der Waals surface area contributed by atoms with Gasteiger partial charge in [0.25, 0.3) is 5.69 Å². The first kappa shape index (κ1) is 20.5. The standard InChI is InChI=1S/C12H9ClN2O3.C7H7ClO/c1-8-6-9(13)2-4-11(8)18-12-5-3-10(7-14-12)15(16)17;1-5-4-6(8)2-3-7(5)9/h2-7H,1H3;2-4,9H,1H3. The Morgan fingerprint density at radius 1 is 1.00 bits per heavy atom. The number of rotatable bonds is 3. The summed E-state index contributed by atoms with van der Waals surface area (Å²) in [7, 11) is 0. The van der Waals surface area contributed by atoms with Crippen LogP contribution in [0, 0.1) is 24.0 Å². The van der Waals surface area contributed by atoms with Crippen LogP contribution in [0.1, 0.15) is 11.1 Å². The third-order valence-corrected chi connectivity index (χ3v) is 3.91. The summed E-state index contributed by atoms with van der Waals surface area (Å²) in [6.45, 7) is 3.66. The highest BCUT2D eigenvalue weighted by Gasteiger charge is 2.07. The van der Waals surface area contributed by atoms with Gasteiger partial charge in [0, 0.05) is 22.2 Å². The predicted octanol–water partition coefficient (Wildman–Crippen LogP) is 6.10. The molecule has 1 N–H and O–H groups in total. The van der Waals surface area contributed by atoms with E-state index in [1.165, 1.54) is 12.1 Å². The van der Waals surface area contributed by atoms with Crippen molar-refractivity contribution in [2.75, 3.05) is 0 Å². The van der Waals surface area contributed by atoms with Crippen molar-refractivity contribution in [2.45, 2.75) is 13.8 Å². The van der Waals surface area contributed by atoms with Crippen LogP contribution in [0.25, 0.3) is 0 Å². The van der Waals surface area contributed by atoms with Gasteiger partial charge in [-0.05, 0) is 61.4 Å². The number of phenols is 1. The number of hydrogen-bond acceptors (Lipinski definition) is 5. The number of benzene rings is 2. The van der Waals surface area contributed by atoms with E-state index in [9.17, 15) is 10.1 Å². The van der Waals surface area contributed by atoms with Crippen molar-refractivity contribution in [2.24, 2.45) is 0 Å². The van der Waals surface area contributed by atoms with Crippen LogP contribution >= 0.6 is 23.2 Å². The van der Waals surface area contributed by atoms with Gasteiger partial charge in [0.2, 0.25) is 5.88 Å². The minimum absolute atomic E-state index is 0.0739. The number of phenolic OH excluding ortho intramolecular Hbond substituents is 1. The van der Waals surface area contributed by atoms with Crippen LogP contribution in [0.15, 0.2) is 54.7 Å². The van der Waals surface area contributed by atoms with Gasteiger partial charge in [-0.25, -0.2) is 4.98 Å². The number of aromatic hydroxyl groups is 1. The molecule has 0 amide bonds. The topological polar surface area (TPSA) is 85.5 Å². The lowest BCUT2D eigenvalue weighted by Gasteiger charge is -2.07. The maximum absolute atomic E-state index is 10.5. The summed E-state index contributed by atoms with van der Waals surface area (Å²) in [5.41, 5.74) is 1.60. The lowest BCUT2D eigenvalue weighted by atomic mass is 10.2. The van der Waals surface area contributed by atoms with E-state index in [0.29, 0.717) is 27.4 Å². The van der Waals surface area contributed by atoms with E-state index >= 15 is 0 Å². The average molecular weight is 407 g/mol. The van der Waals surface area contributed by atoms with Crippen LogP contribution in [-0.2, 0) is 0 Å². The Kier molecular flexibility index (Phi) is 6.98. The molecular weight excluding hydrogens is 391 g/mol. The number of pyridine rings is 1. The van der Waals surface area contributed by atoms with Gasteiger partial charge in [-0.2, -0.15) is 0 Å². The molecule has 140 valence electrons. The molecule has 1 aromatic heterocycles. The summed E-state index contributed by atoms with van der Waals surface area (Å²) in [4.78, 5) is 13.8. The first-order chi connectivity index (χ1) is 12.8. The number of ether oxygens (including phenoxy) is 1. The molecule has 0 saturated carbocycles. The van der Waals surface area contributed by atoms with E-state index in [1.54, 1.807) is 43.3 Å². The summed E-state index contributed by atoms with van der Waals surface area (Å²) in [5.74, 6) is 1.20. The summed E-state index contributed by atoms with van der Waals surface area (Å²) in [5, 5.41) is 20.7. The zero-order valence-electron chi connectivity index (χ0n) is 14.5. The normalized spacial score (nSPS) is 9.93. The van der Waals surface area contributed by atoms with E-state index in [2.05, 4.69) is 4.98 Å². The maximum atomic E-state index is 10.5. The van der Waals surface area contributed by atoms with Gasteiger partial charge >= 0.3 is 0 Å². The van der Waals surface area contributed by atoms with Crippen molar-refractivity contribution in [3.05, 3.63) is 86.0 Å². The van der Waals surface area contributed by atoms with Crippen LogP contribution in [0.5, 0.6) is 17.4 Å². The van der Waals surface area contributed by atoms with Gasteiger partial charge in [0.05, 0.1) is 4.92 Å². The molecule has 0 fully saturated rings. The molecule has 0 saturated heterocycles. The largest absolute Gasteiger partial charge is 0.508 e. The molecule has 2 aromatic carbocycles. The number of aryl methyl sites for hydroxylation is 2. The Labute approximate surface area is 166 Å². The number of halogens is 2. The summed E-state index contributed by atoms with van der Waals surface area (Å²) >= 11 is 11.4. The smallest absolute Gasteiger partial charge is 0.287 e. The number of nitrogens with zero attached hydrogens (tertiary/aromatic N) is 2. The van der Waals surface area contributed by atoms with E-state index < -0.39 is 4.92 Å². The van der Waals surface area contributed by atoms with Crippen molar-refractivity contribution in [3.63, 3.8) is 0 Å². The molecule has 1 heterocycles. The molecule has 8 heteroatoms. The maximum Gasteiger partial charge on any atom is 0.287 e. The molecule has 0 aliphatic rings. The van der Waals surface area contributed by atoms with Gasteiger partial charge in [0.1, 0.15) is 17.7 Å². The Hall–Kier alpha value is -2.83. The van der Waals surface area contributed by atoms with E-state index in [0.717, 1.165) is 17.3 Å². The van der Waals surface area contributed by atoms with Gasteiger partial charge in [-0.3, -0.25) is 10.1 Å². The van der Waals surface area contributed by atoms with Crippen LogP contribution in [0.2, 0.25) is 10.0 Å². The molecule has 0 atom stereocenters. The number of hydrogen-bond donors (Lipinski definition) is 1. The first-order valence-electron chi connectivity index (χ1n) is 7.76. The van der Waals surface area contributed by atoms with E-state index in [4.69, 9.17) is 33.0 Å². The van der Waals surface area contributed by atoms with Crippen molar-refractivity contribution < 1.29 is 14.8 Å². The van der Waals surface area contributed by atoms with E-state index in [1.807, 2.05) is 6.92 Å². The summed E-state index contributed by atoms with van der Waals surface area (Å²) in [6, 6.07) is 12.9. The minimum atomic E-state index is -0.510. The molecule has 0 aliphatic carbocycles. The second-order valence-electron chi connectivity index (χ2n) is 5.55. The third kappa shape index (κ3) is 6.13. The van der Waals surface area contributed by atoms with Crippen LogP contribution in [0.3, 0.4) is 0 Å². The second-order valence-corrected chi connectivity index (χ2v) is 6.43. The van der Waals surface area contributed by atoms with E-state index in [-0.39, 0.29) is 5.69 Å². The van der Waals surface area contributed by atoms with Gasteiger partial charge < -0.3 is 9.84 Å². The summed E-state index contributed by atoms with van der Waals surface area (Å²) in [6.07, 6.45) is 1.15. The van der Waals surface area contributed by atoms with Crippen LogP contribution in [0.4, 0.5) is 5.69 Å². The molecule has 3 aromatic rings. The minimum Gasteiger partial charge on any atom is -0.508 e. The molecule has 0 bridgehead atoms.